The minimum atomic E-state index is -0.0896. The van der Waals surface area contributed by atoms with Crippen molar-refractivity contribution >= 4 is 29.1 Å². The van der Waals surface area contributed by atoms with Crippen LogP contribution in [0.3, 0.4) is 0 Å². The number of carbonyl (C=O) groups is 1. The Morgan fingerprint density at radius 3 is 2.88 bits per heavy atom. The van der Waals surface area contributed by atoms with Gasteiger partial charge in [0.25, 0.3) is 5.78 Å². The van der Waals surface area contributed by atoms with Crippen molar-refractivity contribution in [2.75, 3.05) is 17.2 Å². The molecule has 1 amide bonds. The van der Waals surface area contributed by atoms with Gasteiger partial charge in [-0.2, -0.15) is 10.2 Å². The zero-order chi connectivity index (χ0) is 16.8. The molecule has 0 atom stereocenters. The lowest BCUT2D eigenvalue weighted by atomic mass is 10.2. The molecule has 0 saturated heterocycles. The van der Waals surface area contributed by atoms with Crippen LogP contribution in [0.2, 0.25) is 0 Å². The molecular weight excluding hydrogens is 324 g/mol. The van der Waals surface area contributed by atoms with Gasteiger partial charge in [-0.15, -0.1) is 5.10 Å². The summed E-state index contributed by atoms with van der Waals surface area (Å²) in [7, 11) is 0. The van der Waals surface area contributed by atoms with Gasteiger partial charge in [-0.25, -0.2) is 9.50 Å². The van der Waals surface area contributed by atoms with Crippen molar-refractivity contribution in [2.24, 2.45) is 0 Å². The van der Waals surface area contributed by atoms with Gasteiger partial charge < -0.3 is 4.90 Å². The van der Waals surface area contributed by atoms with Gasteiger partial charge >= 0.3 is 0 Å². The van der Waals surface area contributed by atoms with Gasteiger partial charge in [0.1, 0.15) is 0 Å². The van der Waals surface area contributed by atoms with E-state index in [4.69, 9.17) is 5.26 Å². The maximum atomic E-state index is 12.6. The average molecular weight is 338 g/mol. The Bertz CT molecular complexity index is 840. The summed E-state index contributed by atoms with van der Waals surface area (Å²) in [5.74, 6) is 0.599. The van der Waals surface area contributed by atoms with Crippen molar-refractivity contribution in [1.82, 2.24) is 19.6 Å². The number of para-hydroxylation sites is 1. The van der Waals surface area contributed by atoms with E-state index in [9.17, 15) is 4.79 Å². The van der Waals surface area contributed by atoms with E-state index in [0.29, 0.717) is 17.5 Å². The first kappa shape index (κ1) is 16.0. The number of carbonyl (C=O) groups excluding carboxylic acids is 1. The number of hydrogen-bond acceptors (Lipinski definition) is 6. The molecule has 0 aliphatic carbocycles. The molecule has 3 aromatic rings. The monoisotopic (exact) mass is 338 g/mol. The molecule has 0 N–H and O–H groups in total. The van der Waals surface area contributed by atoms with Gasteiger partial charge in [0.2, 0.25) is 11.1 Å². The molecule has 0 saturated carbocycles. The molecule has 2 aromatic heterocycles. The van der Waals surface area contributed by atoms with Gasteiger partial charge in [0.15, 0.2) is 0 Å². The molecular formula is C16H14N6OS. The first-order valence-corrected chi connectivity index (χ1v) is 8.29. The highest BCUT2D eigenvalue weighted by molar-refractivity contribution is 7.99. The molecule has 8 heteroatoms. The molecule has 0 radical (unpaired) electrons. The SMILES string of the molecule is N#CCCN(C(=O)CSc1nc2ncccn2n1)c1ccccc1. The minimum Gasteiger partial charge on any atom is -0.311 e. The molecule has 7 nitrogen and oxygen atoms in total. The lowest BCUT2D eigenvalue weighted by molar-refractivity contribution is -0.116. The van der Waals surface area contributed by atoms with Crippen LogP contribution >= 0.6 is 11.8 Å². The Balaban J connectivity index is 1.70. The summed E-state index contributed by atoms with van der Waals surface area (Å²) in [5, 5.41) is 13.6. The standard InChI is InChI=1S/C16H14N6OS/c17-8-4-10-21(13-6-2-1-3-7-13)14(23)12-24-16-19-15-18-9-5-11-22(15)20-16/h1-3,5-7,9,11H,4,10,12H2. The number of nitriles is 1. The van der Waals surface area contributed by atoms with Gasteiger partial charge in [-0.05, 0) is 18.2 Å². The Labute approximate surface area is 142 Å². The molecule has 0 spiro atoms. The van der Waals surface area contributed by atoms with Crippen LogP contribution in [-0.2, 0) is 4.79 Å². The molecule has 3 rings (SSSR count). The molecule has 0 bridgehead atoms. The molecule has 0 aliphatic rings. The van der Waals surface area contributed by atoms with Crippen molar-refractivity contribution in [1.29, 1.82) is 5.26 Å². The van der Waals surface area contributed by atoms with Crippen LogP contribution < -0.4 is 4.90 Å². The van der Waals surface area contributed by atoms with E-state index in [0.717, 1.165) is 5.69 Å². The van der Waals surface area contributed by atoms with E-state index in [2.05, 4.69) is 21.1 Å². The fraction of sp³-hybridized carbons (Fsp3) is 0.188. The number of nitrogens with zero attached hydrogens (tertiary/aromatic N) is 6. The number of fused-ring (bicyclic) bond motifs is 1. The molecule has 120 valence electrons. The Morgan fingerprint density at radius 2 is 2.12 bits per heavy atom. The molecule has 0 unspecified atom stereocenters. The number of hydrogen-bond donors (Lipinski definition) is 0. The second-order valence-corrected chi connectivity index (χ2v) is 5.78. The summed E-state index contributed by atoms with van der Waals surface area (Å²) < 4.78 is 1.57. The normalized spacial score (nSPS) is 10.5. The smallest absolute Gasteiger partial charge is 0.253 e. The second-order valence-electron chi connectivity index (χ2n) is 4.84. The average Bonchev–Trinajstić information content (AvgIpc) is 3.04. The predicted molar refractivity (Wildman–Crippen MR) is 90.5 cm³/mol. The van der Waals surface area contributed by atoms with Gasteiger partial charge in [-0.1, -0.05) is 30.0 Å². The highest BCUT2D eigenvalue weighted by Gasteiger charge is 2.17. The largest absolute Gasteiger partial charge is 0.311 e. The van der Waals surface area contributed by atoms with Crippen molar-refractivity contribution < 1.29 is 4.79 Å². The zero-order valence-corrected chi connectivity index (χ0v) is 13.6. The first-order chi connectivity index (χ1) is 11.8. The number of aromatic nitrogens is 4. The summed E-state index contributed by atoms with van der Waals surface area (Å²) in [5.41, 5.74) is 0.781. The van der Waals surface area contributed by atoms with E-state index in [1.807, 2.05) is 30.3 Å². The third-order valence-corrected chi connectivity index (χ3v) is 4.06. The number of anilines is 1. The number of rotatable bonds is 6. The van der Waals surface area contributed by atoms with E-state index >= 15 is 0 Å². The minimum absolute atomic E-state index is 0.0896. The van der Waals surface area contributed by atoms with Crippen LogP contribution in [0.5, 0.6) is 0 Å². The highest BCUT2D eigenvalue weighted by Crippen LogP contribution is 2.18. The molecule has 0 fully saturated rings. The van der Waals surface area contributed by atoms with Crippen LogP contribution in [0.25, 0.3) is 5.78 Å². The van der Waals surface area contributed by atoms with E-state index < -0.39 is 0 Å². The van der Waals surface area contributed by atoms with Crippen LogP contribution in [0.4, 0.5) is 5.69 Å². The highest BCUT2D eigenvalue weighted by atomic mass is 32.2. The first-order valence-electron chi connectivity index (χ1n) is 7.30. The van der Waals surface area contributed by atoms with E-state index in [-0.39, 0.29) is 18.1 Å². The van der Waals surface area contributed by atoms with Crippen LogP contribution in [0, 0.1) is 11.3 Å². The molecule has 24 heavy (non-hydrogen) atoms. The maximum Gasteiger partial charge on any atom is 0.253 e. The van der Waals surface area contributed by atoms with Crippen molar-refractivity contribution in [3.8, 4) is 6.07 Å². The summed E-state index contributed by atoms with van der Waals surface area (Å²) in [6.45, 7) is 0.361. The summed E-state index contributed by atoms with van der Waals surface area (Å²) >= 11 is 1.25. The fourth-order valence-electron chi connectivity index (χ4n) is 2.15. The summed E-state index contributed by atoms with van der Waals surface area (Å²) in [6, 6.07) is 13.2. The van der Waals surface area contributed by atoms with Crippen molar-refractivity contribution in [2.45, 2.75) is 11.6 Å². The number of thioether (sulfide) groups is 1. The van der Waals surface area contributed by atoms with Gasteiger partial charge in [0, 0.05) is 24.6 Å². The van der Waals surface area contributed by atoms with E-state index in [1.54, 1.807) is 27.9 Å². The summed E-state index contributed by atoms with van der Waals surface area (Å²) in [6.07, 6.45) is 3.68. The quantitative estimate of drug-likeness (QED) is 0.640. The Kier molecular flexibility index (Phi) is 5.03. The van der Waals surface area contributed by atoms with Crippen LogP contribution in [0.1, 0.15) is 6.42 Å². The van der Waals surface area contributed by atoms with Crippen molar-refractivity contribution in [3.05, 3.63) is 48.8 Å². The van der Waals surface area contributed by atoms with E-state index in [1.165, 1.54) is 11.8 Å². The summed E-state index contributed by atoms with van der Waals surface area (Å²) in [4.78, 5) is 22.5. The Hall–Kier alpha value is -2.92. The number of benzene rings is 1. The molecule has 2 heterocycles. The van der Waals surface area contributed by atoms with Crippen molar-refractivity contribution in [3.63, 3.8) is 0 Å². The fourth-order valence-corrected chi connectivity index (χ4v) is 2.85. The topological polar surface area (TPSA) is 87.2 Å². The van der Waals surface area contributed by atoms with Gasteiger partial charge in [0.05, 0.1) is 18.2 Å². The van der Waals surface area contributed by atoms with Gasteiger partial charge in [-0.3, -0.25) is 4.79 Å². The third-order valence-electron chi connectivity index (χ3n) is 3.24. The molecule has 1 aromatic carbocycles. The predicted octanol–water partition coefficient (Wildman–Crippen LogP) is 2.16. The molecule has 0 aliphatic heterocycles. The number of amides is 1. The Morgan fingerprint density at radius 1 is 1.29 bits per heavy atom. The lowest BCUT2D eigenvalue weighted by Crippen LogP contribution is -2.33. The van der Waals surface area contributed by atoms with Crippen LogP contribution in [0.15, 0.2) is 53.9 Å². The van der Waals surface area contributed by atoms with Crippen LogP contribution in [-0.4, -0.2) is 37.8 Å². The second kappa shape index (κ2) is 7.57. The lowest BCUT2D eigenvalue weighted by Gasteiger charge is -2.21. The third kappa shape index (κ3) is 3.70. The maximum absolute atomic E-state index is 12.6. The zero-order valence-electron chi connectivity index (χ0n) is 12.7.